The fourth-order valence-electron chi connectivity index (χ4n) is 4.57. The van der Waals surface area contributed by atoms with Gasteiger partial charge in [0.05, 0.1) is 18.5 Å². The molecule has 0 radical (unpaired) electrons. The first-order valence-corrected chi connectivity index (χ1v) is 12.1. The average molecular weight is 476 g/mol. The normalized spacial score (nSPS) is 11.2. The smallest absolute Gasteiger partial charge is 0.237 e. The molecule has 5 nitrogen and oxygen atoms in total. The van der Waals surface area contributed by atoms with Crippen molar-refractivity contribution >= 4 is 22.6 Å². The number of nitrogens with one attached hydrogen (secondary N) is 2. The van der Waals surface area contributed by atoms with E-state index in [9.17, 15) is 4.79 Å². The third-order valence-corrected chi connectivity index (χ3v) is 6.53. The topological polar surface area (TPSA) is 67.0 Å². The zero-order valence-corrected chi connectivity index (χ0v) is 20.7. The van der Waals surface area contributed by atoms with E-state index in [4.69, 9.17) is 4.74 Å². The number of hydrogen-bond acceptors (Lipinski definition) is 3. The van der Waals surface area contributed by atoms with Crippen LogP contribution in [0.5, 0.6) is 5.75 Å². The molecule has 0 fully saturated rings. The number of aromatic nitrogens is 2. The molecule has 36 heavy (non-hydrogen) atoms. The molecule has 5 aromatic rings. The van der Waals surface area contributed by atoms with Crippen molar-refractivity contribution in [2.24, 2.45) is 0 Å². The van der Waals surface area contributed by atoms with E-state index in [0.29, 0.717) is 11.7 Å². The van der Waals surface area contributed by atoms with Crippen molar-refractivity contribution in [1.82, 2.24) is 10.2 Å². The van der Waals surface area contributed by atoms with Gasteiger partial charge in [0.25, 0.3) is 0 Å². The number of fused-ring (bicyclic) bond motifs is 1. The zero-order chi connectivity index (χ0) is 25.1. The van der Waals surface area contributed by atoms with Crippen LogP contribution < -0.4 is 10.1 Å². The standard InChI is InChI=1S/C31H29N3O2/c1-20(2)23-15-17-28(36-3)26(18-23)24-14-16-25-27(19-24)33-34-30(25)32-31(35)29(21-10-6-4-7-11-21)22-12-8-5-9-13-22/h4-20,29H,1-3H3,(H2,32,33,34,35). The summed E-state index contributed by atoms with van der Waals surface area (Å²) in [4.78, 5) is 13.5. The number of aromatic amines is 1. The van der Waals surface area contributed by atoms with E-state index in [1.807, 2.05) is 84.9 Å². The van der Waals surface area contributed by atoms with E-state index < -0.39 is 5.92 Å². The molecule has 1 heterocycles. The monoisotopic (exact) mass is 475 g/mol. The predicted octanol–water partition coefficient (Wildman–Crippen LogP) is 7.13. The van der Waals surface area contributed by atoms with Gasteiger partial charge in [0, 0.05) is 10.9 Å². The summed E-state index contributed by atoms with van der Waals surface area (Å²) in [5.41, 5.74) is 6.00. The van der Waals surface area contributed by atoms with E-state index in [-0.39, 0.29) is 5.91 Å². The second-order valence-corrected chi connectivity index (χ2v) is 9.19. The zero-order valence-electron chi connectivity index (χ0n) is 20.7. The average Bonchev–Trinajstić information content (AvgIpc) is 3.31. The van der Waals surface area contributed by atoms with Gasteiger partial charge in [0.15, 0.2) is 5.82 Å². The van der Waals surface area contributed by atoms with Crippen LogP contribution in [-0.4, -0.2) is 23.2 Å². The highest BCUT2D eigenvalue weighted by molar-refractivity contribution is 6.04. The third kappa shape index (κ3) is 4.60. The Kier molecular flexibility index (Phi) is 6.54. The number of H-pyrrole nitrogens is 1. The van der Waals surface area contributed by atoms with Crippen LogP contribution in [0.1, 0.15) is 42.4 Å². The Morgan fingerprint density at radius 2 is 1.50 bits per heavy atom. The van der Waals surface area contributed by atoms with E-state index in [1.165, 1.54) is 5.56 Å². The fraction of sp³-hybridized carbons (Fsp3) is 0.161. The Bertz CT molecular complexity index is 1450. The molecule has 0 aliphatic heterocycles. The van der Waals surface area contributed by atoms with Crippen LogP contribution in [0.25, 0.3) is 22.0 Å². The molecule has 0 atom stereocenters. The summed E-state index contributed by atoms with van der Waals surface area (Å²) in [6.45, 7) is 4.35. The Morgan fingerprint density at radius 3 is 2.11 bits per heavy atom. The van der Waals surface area contributed by atoms with E-state index in [1.54, 1.807) is 7.11 Å². The molecule has 1 aromatic heterocycles. The lowest BCUT2D eigenvalue weighted by molar-refractivity contribution is -0.116. The Labute approximate surface area is 211 Å². The van der Waals surface area contributed by atoms with Gasteiger partial charge in [-0.1, -0.05) is 86.6 Å². The van der Waals surface area contributed by atoms with Crippen LogP contribution in [0.4, 0.5) is 5.82 Å². The fourth-order valence-corrected chi connectivity index (χ4v) is 4.57. The summed E-state index contributed by atoms with van der Waals surface area (Å²) in [6.07, 6.45) is 0. The molecule has 5 rings (SSSR count). The number of nitrogens with zero attached hydrogens (tertiary/aromatic N) is 1. The molecule has 0 unspecified atom stereocenters. The van der Waals surface area contributed by atoms with Gasteiger partial charge in [-0.25, -0.2) is 0 Å². The quantitative estimate of drug-likeness (QED) is 0.263. The molecule has 5 heteroatoms. The number of rotatable bonds is 7. The lowest BCUT2D eigenvalue weighted by Gasteiger charge is -2.17. The summed E-state index contributed by atoms with van der Waals surface area (Å²) in [5.74, 6) is 1.17. The molecule has 180 valence electrons. The number of carbonyl (C=O) groups excluding carboxylic acids is 1. The summed E-state index contributed by atoms with van der Waals surface area (Å²) >= 11 is 0. The number of ether oxygens (including phenoxy) is 1. The van der Waals surface area contributed by atoms with Gasteiger partial charge in [0.1, 0.15) is 5.75 Å². The Balaban J connectivity index is 1.48. The number of carbonyl (C=O) groups is 1. The predicted molar refractivity (Wildman–Crippen MR) is 146 cm³/mol. The van der Waals surface area contributed by atoms with E-state index >= 15 is 0 Å². The maximum absolute atomic E-state index is 13.5. The lowest BCUT2D eigenvalue weighted by atomic mass is 9.90. The summed E-state index contributed by atoms with van der Waals surface area (Å²) in [5, 5.41) is 11.4. The van der Waals surface area contributed by atoms with Crippen molar-refractivity contribution in [3.05, 3.63) is 114 Å². The number of amides is 1. The maximum atomic E-state index is 13.5. The van der Waals surface area contributed by atoms with Crippen molar-refractivity contribution in [1.29, 1.82) is 0 Å². The molecule has 0 bridgehead atoms. The largest absolute Gasteiger partial charge is 0.496 e. The van der Waals surface area contributed by atoms with Crippen LogP contribution in [-0.2, 0) is 4.79 Å². The molecule has 0 aliphatic rings. The number of methoxy groups -OCH3 is 1. The molecule has 1 amide bonds. The summed E-state index contributed by atoms with van der Waals surface area (Å²) in [6, 6.07) is 32.0. The van der Waals surface area contributed by atoms with Crippen molar-refractivity contribution in [2.45, 2.75) is 25.7 Å². The van der Waals surface area contributed by atoms with Crippen molar-refractivity contribution < 1.29 is 9.53 Å². The second-order valence-electron chi connectivity index (χ2n) is 9.19. The van der Waals surface area contributed by atoms with Gasteiger partial charge in [-0.15, -0.1) is 0 Å². The summed E-state index contributed by atoms with van der Waals surface area (Å²) in [7, 11) is 1.69. The minimum atomic E-state index is -0.443. The molecular weight excluding hydrogens is 446 g/mol. The molecule has 0 aliphatic carbocycles. The van der Waals surface area contributed by atoms with Crippen molar-refractivity contribution in [3.63, 3.8) is 0 Å². The number of benzene rings is 4. The van der Waals surface area contributed by atoms with Crippen molar-refractivity contribution in [2.75, 3.05) is 12.4 Å². The highest BCUT2D eigenvalue weighted by Crippen LogP contribution is 2.35. The van der Waals surface area contributed by atoms with Gasteiger partial charge in [0.2, 0.25) is 5.91 Å². The van der Waals surface area contributed by atoms with E-state index in [0.717, 1.165) is 38.9 Å². The molecular formula is C31H29N3O2. The first-order valence-electron chi connectivity index (χ1n) is 12.1. The molecule has 2 N–H and O–H groups in total. The summed E-state index contributed by atoms with van der Waals surface area (Å²) < 4.78 is 5.63. The molecule has 0 saturated heterocycles. The van der Waals surface area contributed by atoms with Gasteiger partial charge >= 0.3 is 0 Å². The second kappa shape index (κ2) is 10.1. The SMILES string of the molecule is COc1ccc(C(C)C)cc1-c1ccc2c(NC(=O)C(c3ccccc3)c3ccccc3)n[nH]c2c1. The third-order valence-electron chi connectivity index (χ3n) is 6.53. The highest BCUT2D eigenvalue weighted by atomic mass is 16.5. The maximum Gasteiger partial charge on any atom is 0.237 e. The molecule has 0 spiro atoms. The van der Waals surface area contributed by atoms with E-state index in [2.05, 4.69) is 41.5 Å². The minimum absolute atomic E-state index is 0.129. The molecule has 0 saturated carbocycles. The highest BCUT2D eigenvalue weighted by Gasteiger charge is 2.24. The van der Waals surface area contributed by atoms with Crippen molar-refractivity contribution in [3.8, 4) is 16.9 Å². The van der Waals surface area contributed by atoms with Gasteiger partial charge in [-0.05, 0) is 52.4 Å². The van der Waals surface area contributed by atoms with Crippen LogP contribution in [0, 0.1) is 0 Å². The Morgan fingerprint density at radius 1 is 0.833 bits per heavy atom. The van der Waals surface area contributed by atoms with Gasteiger partial charge < -0.3 is 10.1 Å². The molecule has 4 aromatic carbocycles. The van der Waals surface area contributed by atoms with Crippen LogP contribution in [0.3, 0.4) is 0 Å². The Hall–Kier alpha value is -4.38. The van der Waals surface area contributed by atoms with Crippen LogP contribution in [0.2, 0.25) is 0 Å². The van der Waals surface area contributed by atoms with Crippen LogP contribution in [0.15, 0.2) is 97.1 Å². The van der Waals surface area contributed by atoms with Gasteiger partial charge in [-0.2, -0.15) is 5.10 Å². The van der Waals surface area contributed by atoms with Crippen LogP contribution >= 0.6 is 0 Å². The lowest BCUT2D eigenvalue weighted by Crippen LogP contribution is -2.22. The van der Waals surface area contributed by atoms with Gasteiger partial charge in [-0.3, -0.25) is 9.89 Å². The first kappa shape index (κ1) is 23.4. The minimum Gasteiger partial charge on any atom is -0.496 e. The number of hydrogen-bond donors (Lipinski definition) is 2. The first-order chi connectivity index (χ1) is 17.5. The number of anilines is 1.